The summed E-state index contributed by atoms with van der Waals surface area (Å²) in [5.74, 6) is 0.948. The number of amides is 1. The molecule has 0 aliphatic heterocycles. The molecule has 0 N–H and O–H groups in total. The molecular weight excluding hydrogens is 352 g/mol. The standard InChI is InChI=1S/C22H18N4O2/c1-2-26(17-6-4-12-23-15-17)22(27)16-10-11-21(25-14-16)28-20-9-3-8-19-18(20)7-5-13-24-19/h3-15H,2H2,1H3. The van der Waals surface area contributed by atoms with E-state index in [-0.39, 0.29) is 5.91 Å². The van der Waals surface area contributed by atoms with Gasteiger partial charge in [0.25, 0.3) is 5.91 Å². The van der Waals surface area contributed by atoms with Crippen molar-refractivity contribution in [1.29, 1.82) is 0 Å². The lowest BCUT2D eigenvalue weighted by Crippen LogP contribution is -2.30. The Balaban J connectivity index is 1.56. The van der Waals surface area contributed by atoms with Gasteiger partial charge in [0.15, 0.2) is 0 Å². The molecule has 0 saturated heterocycles. The molecule has 0 fully saturated rings. The van der Waals surface area contributed by atoms with Crippen LogP contribution in [0.2, 0.25) is 0 Å². The first-order valence-electron chi connectivity index (χ1n) is 8.96. The van der Waals surface area contributed by atoms with Gasteiger partial charge >= 0.3 is 0 Å². The molecule has 4 rings (SSSR count). The van der Waals surface area contributed by atoms with Crippen molar-refractivity contribution in [2.75, 3.05) is 11.4 Å². The molecule has 28 heavy (non-hydrogen) atoms. The van der Waals surface area contributed by atoms with Crippen molar-refractivity contribution < 1.29 is 9.53 Å². The molecule has 3 heterocycles. The van der Waals surface area contributed by atoms with Gasteiger partial charge in [-0.3, -0.25) is 14.8 Å². The fourth-order valence-corrected chi connectivity index (χ4v) is 2.96. The van der Waals surface area contributed by atoms with Gasteiger partial charge in [0.2, 0.25) is 5.88 Å². The minimum absolute atomic E-state index is 0.135. The predicted octanol–water partition coefficient (Wildman–Crippen LogP) is 4.48. The first-order chi connectivity index (χ1) is 13.8. The maximum atomic E-state index is 12.8. The zero-order valence-corrected chi connectivity index (χ0v) is 15.3. The molecule has 0 radical (unpaired) electrons. The van der Waals surface area contributed by atoms with E-state index in [4.69, 9.17) is 4.74 Å². The lowest BCUT2D eigenvalue weighted by Gasteiger charge is -2.20. The topological polar surface area (TPSA) is 68.2 Å². The summed E-state index contributed by atoms with van der Waals surface area (Å²) < 4.78 is 5.91. The van der Waals surface area contributed by atoms with E-state index in [2.05, 4.69) is 15.0 Å². The van der Waals surface area contributed by atoms with Gasteiger partial charge in [-0.25, -0.2) is 4.98 Å². The first kappa shape index (κ1) is 17.6. The third kappa shape index (κ3) is 3.53. The third-order valence-corrected chi connectivity index (χ3v) is 4.32. The average Bonchev–Trinajstić information content (AvgIpc) is 2.76. The fourth-order valence-electron chi connectivity index (χ4n) is 2.96. The molecule has 0 aliphatic rings. The highest BCUT2D eigenvalue weighted by molar-refractivity contribution is 6.05. The van der Waals surface area contributed by atoms with Crippen LogP contribution in [0.3, 0.4) is 0 Å². The van der Waals surface area contributed by atoms with Crippen molar-refractivity contribution in [3.8, 4) is 11.6 Å². The van der Waals surface area contributed by atoms with E-state index in [0.717, 1.165) is 16.6 Å². The summed E-state index contributed by atoms with van der Waals surface area (Å²) in [4.78, 5) is 27.2. The zero-order valence-electron chi connectivity index (χ0n) is 15.3. The normalized spacial score (nSPS) is 10.6. The van der Waals surface area contributed by atoms with E-state index in [9.17, 15) is 4.79 Å². The summed E-state index contributed by atoms with van der Waals surface area (Å²) in [5.41, 5.74) is 2.08. The van der Waals surface area contributed by atoms with Crippen LogP contribution in [0.4, 0.5) is 5.69 Å². The summed E-state index contributed by atoms with van der Waals surface area (Å²) in [6, 6.07) is 16.6. The molecule has 1 aromatic carbocycles. The van der Waals surface area contributed by atoms with Gasteiger partial charge in [0, 0.05) is 36.6 Å². The number of carbonyl (C=O) groups excluding carboxylic acids is 1. The van der Waals surface area contributed by atoms with Crippen molar-refractivity contribution in [3.05, 3.63) is 84.9 Å². The van der Waals surface area contributed by atoms with E-state index in [1.807, 2.05) is 43.3 Å². The number of aromatic nitrogens is 3. The zero-order chi connectivity index (χ0) is 19.3. The third-order valence-electron chi connectivity index (χ3n) is 4.32. The van der Waals surface area contributed by atoms with Crippen molar-refractivity contribution >= 4 is 22.5 Å². The van der Waals surface area contributed by atoms with Gasteiger partial charge < -0.3 is 9.64 Å². The summed E-state index contributed by atoms with van der Waals surface area (Å²) in [6.45, 7) is 2.45. The molecular formula is C22H18N4O2. The summed E-state index contributed by atoms with van der Waals surface area (Å²) in [7, 11) is 0. The van der Waals surface area contributed by atoms with Crippen LogP contribution in [-0.4, -0.2) is 27.4 Å². The van der Waals surface area contributed by atoms with Crippen molar-refractivity contribution in [2.45, 2.75) is 6.92 Å². The first-order valence-corrected chi connectivity index (χ1v) is 8.96. The Kier molecular flexibility index (Phi) is 4.93. The molecule has 6 nitrogen and oxygen atoms in total. The molecule has 0 saturated carbocycles. The van der Waals surface area contributed by atoms with Gasteiger partial charge in [0.05, 0.1) is 23.0 Å². The van der Waals surface area contributed by atoms with Gasteiger partial charge in [0.1, 0.15) is 5.75 Å². The Morgan fingerprint density at radius 1 is 0.964 bits per heavy atom. The molecule has 0 spiro atoms. The van der Waals surface area contributed by atoms with Crippen molar-refractivity contribution in [2.24, 2.45) is 0 Å². The Labute approximate surface area is 162 Å². The molecule has 0 unspecified atom stereocenters. The predicted molar refractivity (Wildman–Crippen MR) is 108 cm³/mol. The maximum Gasteiger partial charge on any atom is 0.259 e. The van der Waals surface area contributed by atoms with Crippen LogP contribution < -0.4 is 9.64 Å². The number of ether oxygens (including phenoxy) is 1. The highest BCUT2D eigenvalue weighted by atomic mass is 16.5. The minimum Gasteiger partial charge on any atom is -0.438 e. The second-order valence-corrected chi connectivity index (χ2v) is 6.07. The summed E-state index contributed by atoms with van der Waals surface area (Å²) >= 11 is 0. The van der Waals surface area contributed by atoms with E-state index < -0.39 is 0 Å². The Hall–Kier alpha value is -3.80. The number of carbonyl (C=O) groups is 1. The monoisotopic (exact) mass is 370 g/mol. The van der Waals surface area contributed by atoms with Crippen LogP contribution in [0.25, 0.3) is 10.9 Å². The number of nitrogens with zero attached hydrogens (tertiary/aromatic N) is 4. The Morgan fingerprint density at radius 3 is 2.61 bits per heavy atom. The number of rotatable bonds is 5. The van der Waals surface area contributed by atoms with Gasteiger partial charge in [-0.05, 0) is 49.4 Å². The van der Waals surface area contributed by atoms with E-state index in [1.165, 1.54) is 6.20 Å². The van der Waals surface area contributed by atoms with Crippen LogP contribution in [0.5, 0.6) is 11.6 Å². The van der Waals surface area contributed by atoms with Crippen LogP contribution in [0.15, 0.2) is 79.4 Å². The second-order valence-electron chi connectivity index (χ2n) is 6.07. The van der Waals surface area contributed by atoms with E-state index in [0.29, 0.717) is 23.7 Å². The van der Waals surface area contributed by atoms with Crippen LogP contribution in [0, 0.1) is 0 Å². The smallest absolute Gasteiger partial charge is 0.259 e. The van der Waals surface area contributed by atoms with Crippen LogP contribution in [-0.2, 0) is 0 Å². The SMILES string of the molecule is CCN(C(=O)c1ccc(Oc2cccc3ncccc23)nc1)c1cccnc1. The van der Waals surface area contributed by atoms with E-state index >= 15 is 0 Å². The van der Waals surface area contributed by atoms with Gasteiger partial charge in [-0.15, -0.1) is 0 Å². The number of benzene rings is 1. The molecule has 4 aromatic rings. The maximum absolute atomic E-state index is 12.8. The molecule has 0 aliphatic carbocycles. The number of pyridine rings is 3. The molecule has 0 atom stereocenters. The van der Waals surface area contributed by atoms with Crippen molar-refractivity contribution in [1.82, 2.24) is 15.0 Å². The number of hydrogen-bond donors (Lipinski definition) is 0. The Morgan fingerprint density at radius 2 is 1.86 bits per heavy atom. The largest absolute Gasteiger partial charge is 0.438 e. The Bertz CT molecular complexity index is 1090. The molecule has 3 aromatic heterocycles. The fraction of sp³-hybridized carbons (Fsp3) is 0.0909. The highest BCUT2D eigenvalue weighted by Crippen LogP contribution is 2.28. The highest BCUT2D eigenvalue weighted by Gasteiger charge is 2.17. The van der Waals surface area contributed by atoms with E-state index in [1.54, 1.807) is 41.7 Å². The lowest BCUT2D eigenvalue weighted by atomic mass is 10.2. The van der Waals surface area contributed by atoms with Gasteiger partial charge in [-0.1, -0.05) is 6.07 Å². The quantitative estimate of drug-likeness (QED) is 0.518. The number of fused-ring (bicyclic) bond motifs is 1. The molecule has 138 valence electrons. The van der Waals surface area contributed by atoms with Crippen LogP contribution >= 0.6 is 0 Å². The van der Waals surface area contributed by atoms with Crippen LogP contribution in [0.1, 0.15) is 17.3 Å². The summed E-state index contributed by atoms with van der Waals surface area (Å²) in [6.07, 6.45) is 6.62. The van der Waals surface area contributed by atoms with Gasteiger partial charge in [-0.2, -0.15) is 0 Å². The molecule has 1 amide bonds. The number of anilines is 1. The number of hydrogen-bond acceptors (Lipinski definition) is 5. The second kappa shape index (κ2) is 7.84. The summed E-state index contributed by atoms with van der Waals surface area (Å²) in [5, 5.41) is 0.903. The molecule has 0 bridgehead atoms. The molecule has 6 heteroatoms. The van der Waals surface area contributed by atoms with Crippen molar-refractivity contribution in [3.63, 3.8) is 0 Å². The minimum atomic E-state index is -0.135. The average molecular weight is 370 g/mol. The lowest BCUT2D eigenvalue weighted by molar-refractivity contribution is 0.0988.